The lowest BCUT2D eigenvalue weighted by atomic mass is 10.0. The van der Waals surface area contributed by atoms with Crippen molar-refractivity contribution in [1.29, 1.82) is 0 Å². The molecular weight excluding hydrogens is 376 g/mol. The van der Waals surface area contributed by atoms with E-state index in [1.54, 1.807) is 13.8 Å². The Labute approximate surface area is 170 Å². The number of benzene rings is 2. The van der Waals surface area contributed by atoms with Crippen LogP contribution in [0.2, 0.25) is 0 Å². The summed E-state index contributed by atoms with van der Waals surface area (Å²) < 4.78 is 27.8. The highest BCUT2D eigenvalue weighted by atomic mass is 19.1. The maximum atomic E-state index is 13.9. The summed E-state index contributed by atoms with van der Waals surface area (Å²) in [6.07, 6.45) is 0. The van der Waals surface area contributed by atoms with Crippen molar-refractivity contribution in [2.24, 2.45) is 5.92 Å². The molecule has 2 amide bonds. The number of hydrogen-bond acceptors (Lipinski definition) is 2. The van der Waals surface area contributed by atoms with E-state index in [1.807, 2.05) is 44.4 Å². The van der Waals surface area contributed by atoms with Crippen molar-refractivity contribution in [3.05, 3.63) is 71.3 Å². The Morgan fingerprint density at radius 2 is 1.55 bits per heavy atom. The van der Waals surface area contributed by atoms with Crippen molar-refractivity contribution in [3.63, 3.8) is 0 Å². The smallest absolute Gasteiger partial charge is 0.257 e. The van der Waals surface area contributed by atoms with Crippen LogP contribution in [0.1, 0.15) is 35.8 Å². The number of nitrogens with one attached hydrogen (secondary N) is 3. The molecule has 0 bridgehead atoms. The predicted octanol–water partition coefficient (Wildman–Crippen LogP) is 1.72. The van der Waals surface area contributed by atoms with Crippen LogP contribution in [0.25, 0.3) is 0 Å². The third-order valence-electron chi connectivity index (χ3n) is 4.80. The van der Waals surface area contributed by atoms with E-state index in [0.29, 0.717) is 6.54 Å². The fraction of sp³-hybridized carbons (Fsp3) is 0.364. The van der Waals surface area contributed by atoms with Crippen LogP contribution >= 0.6 is 0 Å². The molecule has 156 valence electrons. The Hall–Kier alpha value is -2.80. The SMILES string of the molecule is CC(C)[C@@H](NC(=O)c1c(F)cccc1F)C(=O)NC[C@H](c1ccccc1)[NH+](C)C. The lowest BCUT2D eigenvalue weighted by Crippen LogP contribution is -3.07. The van der Waals surface area contributed by atoms with Gasteiger partial charge in [-0.2, -0.15) is 0 Å². The van der Waals surface area contributed by atoms with Crippen LogP contribution in [-0.2, 0) is 4.79 Å². The topological polar surface area (TPSA) is 62.6 Å². The minimum Gasteiger partial charge on any atom is -0.348 e. The van der Waals surface area contributed by atoms with Crippen LogP contribution in [-0.4, -0.2) is 38.5 Å². The molecule has 2 aromatic carbocycles. The standard InChI is InChI=1S/C22H27F2N3O2/c1-14(2)20(26-21(28)19-16(23)11-8-12-17(19)24)22(29)25-13-18(27(3)4)15-9-6-5-7-10-15/h5-12,14,18,20H,13H2,1-4H3,(H,25,29)(H,26,28)/p+1/t18-,20-/m1/s1. The van der Waals surface area contributed by atoms with Gasteiger partial charge in [-0.1, -0.05) is 50.2 Å². The van der Waals surface area contributed by atoms with E-state index >= 15 is 0 Å². The van der Waals surface area contributed by atoms with Gasteiger partial charge >= 0.3 is 0 Å². The number of likely N-dealkylation sites (N-methyl/N-ethyl adjacent to an activating group) is 1. The van der Waals surface area contributed by atoms with Crippen LogP contribution in [0.3, 0.4) is 0 Å². The molecule has 0 fully saturated rings. The van der Waals surface area contributed by atoms with Crippen molar-refractivity contribution in [3.8, 4) is 0 Å². The maximum absolute atomic E-state index is 13.9. The lowest BCUT2D eigenvalue weighted by Gasteiger charge is -2.25. The van der Waals surface area contributed by atoms with Gasteiger partial charge in [-0.25, -0.2) is 8.78 Å². The van der Waals surface area contributed by atoms with Crippen molar-refractivity contribution in [2.45, 2.75) is 25.9 Å². The lowest BCUT2D eigenvalue weighted by molar-refractivity contribution is -0.890. The molecule has 0 aromatic heterocycles. The summed E-state index contributed by atoms with van der Waals surface area (Å²) in [5.41, 5.74) is 0.386. The van der Waals surface area contributed by atoms with Gasteiger partial charge in [-0.3, -0.25) is 9.59 Å². The highest BCUT2D eigenvalue weighted by molar-refractivity contribution is 5.98. The average molecular weight is 404 g/mol. The van der Waals surface area contributed by atoms with Gasteiger partial charge in [0.2, 0.25) is 5.91 Å². The molecule has 0 radical (unpaired) electrons. The third-order valence-corrected chi connectivity index (χ3v) is 4.80. The van der Waals surface area contributed by atoms with Crippen molar-refractivity contribution in [1.82, 2.24) is 10.6 Å². The van der Waals surface area contributed by atoms with Gasteiger partial charge in [0.1, 0.15) is 29.3 Å². The molecule has 3 N–H and O–H groups in total. The van der Waals surface area contributed by atoms with Gasteiger partial charge in [0.25, 0.3) is 5.91 Å². The second-order valence-corrected chi connectivity index (χ2v) is 7.58. The number of hydrogen-bond donors (Lipinski definition) is 3. The van der Waals surface area contributed by atoms with E-state index in [-0.39, 0.29) is 12.0 Å². The highest BCUT2D eigenvalue weighted by Crippen LogP contribution is 2.14. The first kappa shape index (κ1) is 22.5. The molecule has 0 spiro atoms. The number of halogens is 2. The number of carbonyl (C=O) groups excluding carboxylic acids is 2. The summed E-state index contributed by atoms with van der Waals surface area (Å²) in [5, 5.41) is 5.34. The molecular formula is C22H28F2N3O2+. The quantitative estimate of drug-likeness (QED) is 0.628. The Morgan fingerprint density at radius 1 is 0.966 bits per heavy atom. The monoisotopic (exact) mass is 404 g/mol. The van der Waals surface area contributed by atoms with Gasteiger partial charge in [0, 0.05) is 5.56 Å². The van der Waals surface area contributed by atoms with E-state index in [2.05, 4.69) is 10.6 Å². The number of carbonyl (C=O) groups is 2. The molecule has 0 saturated heterocycles. The number of quaternary nitrogens is 1. The summed E-state index contributed by atoms with van der Waals surface area (Å²) in [7, 11) is 3.99. The molecule has 2 aromatic rings. The fourth-order valence-electron chi connectivity index (χ4n) is 3.12. The molecule has 29 heavy (non-hydrogen) atoms. The summed E-state index contributed by atoms with van der Waals surface area (Å²) in [6.45, 7) is 3.88. The summed E-state index contributed by atoms with van der Waals surface area (Å²) in [4.78, 5) is 26.3. The Morgan fingerprint density at radius 3 is 2.07 bits per heavy atom. The molecule has 5 nitrogen and oxygen atoms in total. The third kappa shape index (κ3) is 5.84. The average Bonchev–Trinajstić information content (AvgIpc) is 2.66. The van der Waals surface area contributed by atoms with E-state index in [1.165, 1.54) is 6.07 Å². The van der Waals surface area contributed by atoms with Crippen LogP contribution in [0.4, 0.5) is 8.78 Å². The molecule has 0 heterocycles. The Bertz CT molecular complexity index is 821. The van der Waals surface area contributed by atoms with Gasteiger partial charge in [-0.05, 0) is 18.1 Å². The maximum Gasteiger partial charge on any atom is 0.257 e. The molecule has 0 aliphatic heterocycles. The first-order valence-corrected chi connectivity index (χ1v) is 9.60. The van der Waals surface area contributed by atoms with Crippen molar-refractivity contribution < 1.29 is 23.3 Å². The number of amides is 2. The van der Waals surface area contributed by atoms with Crippen molar-refractivity contribution in [2.75, 3.05) is 20.6 Å². The second-order valence-electron chi connectivity index (χ2n) is 7.58. The highest BCUT2D eigenvalue weighted by Gasteiger charge is 2.28. The van der Waals surface area contributed by atoms with Crippen LogP contribution < -0.4 is 15.5 Å². The minimum atomic E-state index is -0.967. The van der Waals surface area contributed by atoms with Crippen LogP contribution in [0.5, 0.6) is 0 Å². The van der Waals surface area contributed by atoms with Gasteiger partial charge in [0.15, 0.2) is 0 Å². The zero-order chi connectivity index (χ0) is 21.6. The van der Waals surface area contributed by atoms with E-state index in [4.69, 9.17) is 0 Å². The zero-order valence-corrected chi connectivity index (χ0v) is 17.1. The van der Waals surface area contributed by atoms with Crippen molar-refractivity contribution >= 4 is 11.8 Å². The molecule has 0 aliphatic carbocycles. The predicted molar refractivity (Wildman–Crippen MR) is 107 cm³/mol. The fourth-order valence-corrected chi connectivity index (χ4v) is 3.12. The zero-order valence-electron chi connectivity index (χ0n) is 17.1. The molecule has 7 heteroatoms. The molecule has 2 rings (SSSR count). The van der Waals surface area contributed by atoms with Gasteiger partial charge in [0.05, 0.1) is 20.6 Å². The largest absolute Gasteiger partial charge is 0.348 e. The van der Waals surface area contributed by atoms with Gasteiger partial charge in [-0.15, -0.1) is 0 Å². The van der Waals surface area contributed by atoms with E-state index in [0.717, 1.165) is 22.6 Å². The van der Waals surface area contributed by atoms with Crippen LogP contribution in [0, 0.1) is 17.6 Å². The molecule has 0 saturated carbocycles. The van der Waals surface area contributed by atoms with E-state index < -0.39 is 35.1 Å². The molecule has 0 unspecified atom stereocenters. The Kier molecular flexibility index (Phi) is 7.84. The second kappa shape index (κ2) is 10.1. The van der Waals surface area contributed by atoms with E-state index in [9.17, 15) is 18.4 Å². The molecule has 0 aliphatic rings. The molecule has 2 atom stereocenters. The van der Waals surface area contributed by atoms with Crippen LogP contribution in [0.15, 0.2) is 48.5 Å². The summed E-state index contributed by atoms with van der Waals surface area (Å²) in [5.74, 6) is -3.55. The summed E-state index contributed by atoms with van der Waals surface area (Å²) in [6, 6.07) is 12.1. The van der Waals surface area contributed by atoms with Gasteiger partial charge < -0.3 is 15.5 Å². The normalized spacial score (nSPS) is 13.2. The Balaban J connectivity index is 2.10. The minimum absolute atomic E-state index is 0.0210. The number of rotatable bonds is 8. The summed E-state index contributed by atoms with van der Waals surface area (Å²) >= 11 is 0. The first-order chi connectivity index (χ1) is 13.7. The first-order valence-electron chi connectivity index (χ1n) is 9.60.